The molecule has 1 aromatic rings. The molecule has 2 unspecified atom stereocenters. The molecule has 1 saturated carbocycles. The predicted molar refractivity (Wildman–Crippen MR) is 114 cm³/mol. The largest absolute Gasteiger partial charge is 0.381 e. The molecule has 3 nitrogen and oxygen atoms in total. The van der Waals surface area contributed by atoms with Crippen LogP contribution in [0.3, 0.4) is 0 Å². The molecule has 4 rings (SSSR count). The van der Waals surface area contributed by atoms with E-state index < -0.39 is 0 Å². The molecule has 1 aromatic carbocycles. The lowest BCUT2D eigenvalue weighted by atomic mass is 9.67. The van der Waals surface area contributed by atoms with Gasteiger partial charge in [0.1, 0.15) is 0 Å². The highest BCUT2D eigenvalue weighted by Gasteiger charge is 2.54. The van der Waals surface area contributed by atoms with Crippen LogP contribution in [0.15, 0.2) is 27.7 Å². The number of hydrogen-bond acceptors (Lipinski definition) is 4. The third kappa shape index (κ3) is 3.24. The fraction of sp³-hybridized carbons (Fsp3) is 0.667. The lowest BCUT2D eigenvalue weighted by molar-refractivity contribution is 0.0238. The van der Waals surface area contributed by atoms with Crippen LogP contribution in [0, 0.1) is 11.8 Å². The number of aliphatic imine (C=N–C) groups is 1. The van der Waals surface area contributed by atoms with E-state index in [2.05, 4.69) is 48.0 Å². The van der Waals surface area contributed by atoms with Crippen molar-refractivity contribution < 1.29 is 4.74 Å². The van der Waals surface area contributed by atoms with Crippen molar-refractivity contribution in [1.29, 1.82) is 0 Å². The van der Waals surface area contributed by atoms with Gasteiger partial charge in [-0.2, -0.15) is 0 Å². The summed E-state index contributed by atoms with van der Waals surface area (Å²) < 4.78 is 6.98. The molecule has 142 valence electrons. The van der Waals surface area contributed by atoms with Gasteiger partial charge in [0.15, 0.2) is 5.17 Å². The van der Waals surface area contributed by atoms with Crippen LogP contribution in [0.5, 0.6) is 0 Å². The zero-order chi connectivity index (χ0) is 18.5. The Morgan fingerprint density at radius 3 is 2.85 bits per heavy atom. The van der Waals surface area contributed by atoms with Crippen LogP contribution in [0.1, 0.15) is 57.1 Å². The number of nitrogens with two attached hydrogens (primary N) is 1. The van der Waals surface area contributed by atoms with E-state index in [-0.39, 0.29) is 10.3 Å². The maximum absolute atomic E-state index is 6.38. The fourth-order valence-corrected chi connectivity index (χ4v) is 7.08. The molecule has 1 spiro atoms. The van der Waals surface area contributed by atoms with Gasteiger partial charge in [-0.25, -0.2) is 0 Å². The van der Waals surface area contributed by atoms with E-state index in [0.29, 0.717) is 17.9 Å². The number of fused-ring (bicyclic) bond motifs is 2. The van der Waals surface area contributed by atoms with E-state index in [4.69, 9.17) is 15.5 Å². The zero-order valence-electron chi connectivity index (χ0n) is 15.9. The van der Waals surface area contributed by atoms with Crippen molar-refractivity contribution >= 4 is 32.9 Å². The van der Waals surface area contributed by atoms with Crippen molar-refractivity contribution in [1.82, 2.24) is 0 Å². The highest BCUT2D eigenvalue weighted by Crippen LogP contribution is 2.58. The van der Waals surface area contributed by atoms with Crippen molar-refractivity contribution in [3.05, 3.63) is 33.8 Å². The second-order valence-electron chi connectivity index (χ2n) is 8.81. The van der Waals surface area contributed by atoms with Crippen LogP contribution in [0.4, 0.5) is 0 Å². The van der Waals surface area contributed by atoms with Crippen LogP contribution >= 0.6 is 27.7 Å². The first-order valence-corrected chi connectivity index (χ1v) is 11.3. The van der Waals surface area contributed by atoms with Crippen molar-refractivity contribution in [2.75, 3.05) is 7.11 Å². The number of thioether (sulfide) groups is 1. The first kappa shape index (κ1) is 18.8. The summed E-state index contributed by atoms with van der Waals surface area (Å²) >= 11 is 5.42. The highest BCUT2D eigenvalue weighted by atomic mass is 79.9. The van der Waals surface area contributed by atoms with Crippen LogP contribution < -0.4 is 5.73 Å². The molecule has 26 heavy (non-hydrogen) atoms. The second kappa shape index (κ2) is 6.82. The predicted octanol–water partition coefficient (Wildman–Crippen LogP) is 5.25. The number of rotatable bonds is 2. The lowest BCUT2D eigenvalue weighted by Gasteiger charge is -2.46. The van der Waals surface area contributed by atoms with E-state index >= 15 is 0 Å². The smallest absolute Gasteiger partial charge is 0.155 e. The summed E-state index contributed by atoms with van der Waals surface area (Å²) in [5.74, 6) is 1.17. The molecule has 5 heteroatoms. The lowest BCUT2D eigenvalue weighted by Crippen LogP contribution is -2.46. The zero-order valence-corrected chi connectivity index (χ0v) is 18.3. The summed E-state index contributed by atoms with van der Waals surface area (Å²) in [4.78, 5) is 5.19. The number of amidine groups is 1. The SMILES string of the molecule is CO[C@H]1CCCC([C@H]2Cc3ccc(Br)cc3C23CC(C)(C)SC(N)=N3)C1. The number of ether oxygens (including phenoxy) is 1. The number of halogens is 1. The van der Waals surface area contributed by atoms with Gasteiger partial charge in [-0.05, 0) is 67.2 Å². The molecular weight excluding hydrogens is 408 g/mol. The number of hydrogen-bond donors (Lipinski definition) is 1. The van der Waals surface area contributed by atoms with Gasteiger partial charge in [0.2, 0.25) is 0 Å². The van der Waals surface area contributed by atoms with Gasteiger partial charge in [-0.1, -0.05) is 54.0 Å². The van der Waals surface area contributed by atoms with Crippen LogP contribution in [0.2, 0.25) is 0 Å². The molecule has 1 aliphatic heterocycles. The Labute approximate surface area is 169 Å². The topological polar surface area (TPSA) is 47.6 Å². The third-order valence-corrected chi connectivity index (χ3v) is 8.04. The van der Waals surface area contributed by atoms with Crippen LogP contribution in [-0.2, 0) is 16.7 Å². The normalized spacial score (nSPS) is 36.0. The van der Waals surface area contributed by atoms with Crippen LogP contribution in [-0.4, -0.2) is 23.1 Å². The summed E-state index contributed by atoms with van der Waals surface area (Å²) in [5.41, 5.74) is 9.05. The molecule has 0 bridgehead atoms. The third-order valence-electron chi connectivity index (χ3n) is 6.55. The van der Waals surface area contributed by atoms with E-state index in [1.807, 2.05) is 7.11 Å². The van der Waals surface area contributed by atoms with Gasteiger partial charge >= 0.3 is 0 Å². The van der Waals surface area contributed by atoms with E-state index in [9.17, 15) is 0 Å². The van der Waals surface area contributed by atoms with Crippen molar-refractivity contribution in [2.24, 2.45) is 22.6 Å². The van der Waals surface area contributed by atoms with Gasteiger partial charge in [-0.15, -0.1) is 0 Å². The number of methoxy groups -OCH3 is 1. The Morgan fingerprint density at radius 1 is 1.31 bits per heavy atom. The fourth-order valence-electron chi connectivity index (χ4n) is 5.65. The monoisotopic (exact) mass is 436 g/mol. The average Bonchev–Trinajstić information content (AvgIpc) is 2.86. The van der Waals surface area contributed by atoms with Gasteiger partial charge in [0.05, 0.1) is 11.6 Å². The molecule has 2 aliphatic carbocycles. The van der Waals surface area contributed by atoms with Crippen molar-refractivity contribution in [2.45, 2.75) is 68.8 Å². The van der Waals surface area contributed by atoms with E-state index in [0.717, 1.165) is 28.9 Å². The molecule has 0 aromatic heterocycles. The molecule has 3 aliphatic rings. The summed E-state index contributed by atoms with van der Waals surface area (Å²) in [6.07, 6.45) is 7.44. The quantitative estimate of drug-likeness (QED) is 0.687. The minimum atomic E-state index is -0.182. The molecule has 4 atom stereocenters. The maximum atomic E-state index is 6.38. The average molecular weight is 437 g/mol. The van der Waals surface area contributed by atoms with Crippen molar-refractivity contribution in [3.8, 4) is 0 Å². The standard InChI is InChI=1S/C21H29BrN2OS/c1-20(2)12-21(24-19(23)26-20)17(13-5-4-6-16(9-13)25-3)10-14-7-8-15(22)11-18(14)21/h7-8,11,13,16-17H,4-6,9-10,12H2,1-3H3,(H2,23,24)/t13?,16-,17+,21?/m0/s1. The second-order valence-corrected chi connectivity index (χ2v) is 11.5. The minimum absolute atomic E-state index is 0.101. The first-order chi connectivity index (χ1) is 12.3. The van der Waals surface area contributed by atoms with E-state index in [1.165, 1.54) is 30.4 Å². The van der Waals surface area contributed by atoms with Gasteiger partial charge in [0, 0.05) is 16.3 Å². The number of benzene rings is 1. The maximum Gasteiger partial charge on any atom is 0.155 e. The van der Waals surface area contributed by atoms with Crippen LogP contribution in [0.25, 0.3) is 0 Å². The van der Waals surface area contributed by atoms with Crippen molar-refractivity contribution in [3.63, 3.8) is 0 Å². The Kier molecular flexibility index (Phi) is 4.94. The van der Waals surface area contributed by atoms with E-state index in [1.54, 1.807) is 11.8 Å². The molecular formula is C21H29BrN2OS. The first-order valence-electron chi connectivity index (χ1n) is 9.69. The highest BCUT2D eigenvalue weighted by molar-refractivity contribution is 9.10. The summed E-state index contributed by atoms with van der Waals surface area (Å²) in [5, 5.41) is 0.748. The summed E-state index contributed by atoms with van der Waals surface area (Å²) in [6, 6.07) is 6.76. The summed E-state index contributed by atoms with van der Waals surface area (Å²) in [6.45, 7) is 4.62. The molecule has 0 amide bonds. The Morgan fingerprint density at radius 2 is 2.12 bits per heavy atom. The molecule has 1 heterocycles. The minimum Gasteiger partial charge on any atom is -0.381 e. The van der Waals surface area contributed by atoms with Gasteiger partial charge in [-0.3, -0.25) is 4.99 Å². The number of nitrogens with zero attached hydrogens (tertiary/aromatic N) is 1. The molecule has 0 saturated heterocycles. The van der Waals surface area contributed by atoms with Gasteiger partial charge in [0.25, 0.3) is 0 Å². The molecule has 1 fully saturated rings. The summed E-state index contributed by atoms with van der Waals surface area (Å²) in [7, 11) is 1.86. The van der Waals surface area contributed by atoms with Gasteiger partial charge < -0.3 is 10.5 Å². The molecule has 2 N–H and O–H groups in total. The Bertz CT molecular complexity index is 735. The Balaban J connectivity index is 1.80. The molecule has 0 radical (unpaired) electrons. The Hall–Kier alpha value is -0.520.